The van der Waals surface area contributed by atoms with Crippen LogP contribution in [-0.4, -0.2) is 15.7 Å². The molecule has 0 atom stereocenters. The maximum absolute atomic E-state index is 12.8. The Morgan fingerprint density at radius 1 is 1.38 bits per heavy atom. The third-order valence-corrected chi connectivity index (χ3v) is 3.83. The normalized spacial score (nSPS) is 11.5. The topological polar surface area (TPSA) is 46.9 Å². The van der Waals surface area contributed by atoms with E-state index < -0.39 is 23.3 Å². The molecule has 1 N–H and O–H groups in total. The number of anilines is 1. The van der Waals surface area contributed by atoms with Crippen LogP contribution in [0.15, 0.2) is 28.9 Å². The zero-order valence-corrected chi connectivity index (χ0v) is 12.7. The number of aryl methyl sites for hydroxylation is 2. The molecule has 4 nitrogen and oxygen atoms in total. The fourth-order valence-corrected chi connectivity index (χ4v) is 2.16. The molecule has 0 saturated carbocycles. The van der Waals surface area contributed by atoms with Crippen molar-refractivity contribution in [2.24, 2.45) is 7.05 Å². The van der Waals surface area contributed by atoms with Crippen molar-refractivity contribution in [3.05, 3.63) is 45.7 Å². The van der Waals surface area contributed by atoms with Crippen molar-refractivity contribution in [2.75, 3.05) is 5.32 Å². The van der Waals surface area contributed by atoms with Gasteiger partial charge in [0.25, 0.3) is 5.91 Å². The highest BCUT2D eigenvalue weighted by Gasteiger charge is 2.39. The molecule has 2 rings (SSSR count). The van der Waals surface area contributed by atoms with Crippen LogP contribution in [0.2, 0.25) is 0 Å². The second kappa shape index (κ2) is 5.51. The van der Waals surface area contributed by atoms with E-state index in [-0.39, 0.29) is 0 Å². The number of halogens is 4. The molecule has 0 fully saturated rings. The van der Waals surface area contributed by atoms with Crippen LogP contribution in [0.4, 0.5) is 18.9 Å². The standard InChI is InChI=1S/C13H11BrF3N3O/c1-7-4-3-5-9(10(7)14)18-12(21)8-6-20(2)19-11(8)13(15,16)17/h3-6H,1-2H3,(H,18,21). The monoisotopic (exact) mass is 361 g/mol. The minimum atomic E-state index is -4.68. The number of hydrogen-bond donors (Lipinski definition) is 1. The molecule has 8 heteroatoms. The van der Waals surface area contributed by atoms with E-state index in [1.165, 1.54) is 7.05 Å². The van der Waals surface area contributed by atoms with E-state index in [0.29, 0.717) is 10.2 Å². The van der Waals surface area contributed by atoms with Crippen molar-refractivity contribution in [2.45, 2.75) is 13.1 Å². The number of nitrogens with one attached hydrogen (secondary N) is 1. The number of alkyl halides is 3. The Hall–Kier alpha value is -1.83. The van der Waals surface area contributed by atoms with Crippen LogP contribution in [0.3, 0.4) is 0 Å². The fourth-order valence-electron chi connectivity index (χ4n) is 1.80. The van der Waals surface area contributed by atoms with Gasteiger partial charge in [-0.3, -0.25) is 9.48 Å². The van der Waals surface area contributed by atoms with Crippen LogP contribution >= 0.6 is 15.9 Å². The molecule has 1 amide bonds. The zero-order chi connectivity index (χ0) is 15.8. The quantitative estimate of drug-likeness (QED) is 0.884. The van der Waals surface area contributed by atoms with E-state index in [0.717, 1.165) is 16.4 Å². The maximum atomic E-state index is 12.8. The van der Waals surface area contributed by atoms with Gasteiger partial charge in [-0.25, -0.2) is 0 Å². The largest absolute Gasteiger partial charge is 0.435 e. The second-order valence-corrected chi connectivity index (χ2v) is 5.25. The highest BCUT2D eigenvalue weighted by atomic mass is 79.9. The molecule has 1 aromatic carbocycles. The first kappa shape index (κ1) is 15.6. The van der Waals surface area contributed by atoms with Crippen molar-refractivity contribution in [3.63, 3.8) is 0 Å². The Morgan fingerprint density at radius 2 is 2.05 bits per heavy atom. The van der Waals surface area contributed by atoms with Crippen LogP contribution in [0, 0.1) is 6.92 Å². The lowest BCUT2D eigenvalue weighted by Gasteiger charge is -2.10. The van der Waals surface area contributed by atoms with Gasteiger partial charge in [0.15, 0.2) is 5.69 Å². The minimum absolute atomic E-state index is 0.400. The van der Waals surface area contributed by atoms with Crippen molar-refractivity contribution < 1.29 is 18.0 Å². The summed E-state index contributed by atoms with van der Waals surface area (Å²) in [6, 6.07) is 5.10. The van der Waals surface area contributed by atoms with Crippen molar-refractivity contribution in [3.8, 4) is 0 Å². The minimum Gasteiger partial charge on any atom is -0.321 e. The molecule has 0 radical (unpaired) electrons. The third-order valence-electron chi connectivity index (χ3n) is 2.78. The predicted octanol–water partition coefficient (Wildman–Crippen LogP) is 3.76. The number of nitrogens with zero attached hydrogens (tertiary/aromatic N) is 2. The first-order chi connectivity index (χ1) is 9.70. The molecule has 0 spiro atoms. The van der Waals surface area contributed by atoms with Gasteiger partial charge in [0.05, 0.1) is 11.3 Å². The lowest BCUT2D eigenvalue weighted by molar-refractivity contribution is -0.141. The van der Waals surface area contributed by atoms with Crippen molar-refractivity contribution >= 4 is 27.5 Å². The summed E-state index contributed by atoms with van der Waals surface area (Å²) in [6.07, 6.45) is -3.64. The molecule has 0 aliphatic carbocycles. The number of amides is 1. The highest BCUT2D eigenvalue weighted by Crippen LogP contribution is 2.32. The van der Waals surface area contributed by atoms with E-state index in [2.05, 4.69) is 26.3 Å². The van der Waals surface area contributed by atoms with Gasteiger partial charge in [-0.05, 0) is 34.5 Å². The number of rotatable bonds is 2. The average Bonchev–Trinajstić information content (AvgIpc) is 2.77. The summed E-state index contributed by atoms with van der Waals surface area (Å²) in [5.41, 5.74) is -0.461. The smallest absolute Gasteiger partial charge is 0.321 e. The molecule has 0 unspecified atom stereocenters. The molecule has 1 heterocycles. The summed E-state index contributed by atoms with van der Waals surface area (Å²) < 4.78 is 40.1. The molecule has 0 bridgehead atoms. The maximum Gasteiger partial charge on any atom is 0.435 e. The summed E-state index contributed by atoms with van der Waals surface area (Å²) in [7, 11) is 1.33. The molecule has 21 heavy (non-hydrogen) atoms. The first-order valence-corrected chi connectivity index (χ1v) is 6.66. The molecule has 0 saturated heterocycles. The van der Waals surface area contributed by atoms with E-state index >= 15 is 0 Å². The number of carbonyl (C=O) groups is 1. The highest BCUT2D eigenvalue weighted by molar-refractivity contribution is 9.10. The SMILES string of the molecule is Cc1cccc(NC(=O)c2cn(C)nc2C(F)(F)F)c1Br. The van der Waals surface area contributed by atoms with Gasteiger partial charge >= 0.3 is 6.18 Å². The number of aromatic nitrogens is 2. The Kier molecular flexibility index (Phi) is 4.08. The van der Waals surface area contributed by atoms with Gasteiger partial charge in [-0.2, -0.15) is 18.3 Å². The summed E-state index contributed by atoms with van der Waals surface area (Å²) >= 11 is 3.29. The van der Waals surface area contributed by atoms with Gasteiger partial charge in [0.2, 0.25) is 0 Å². The summed E-state index contributed by atoms with van der Waals surface area (Å²) in [6.45, 7) is 1.81. The Morgan fingerprint density at radius 3 is 2.67 bits per heavy atom. The van der Waals surface area contributed by atoms with Crippen LogP contribution in [0.25, 0.3) is 0 Å². The molecule has 2 aromatic rings. The van der Waals surface area contributed by atoms with Crippen molar-refractivity contribution in [1.82, 2.24) is 9.78 Å². The Balaban J connectivity index is 2.36. The van der Waals surface area contributed by atoms with E-state index in [1.807, 2.05) is 13.0 Å². The Labute approximate surface area is 127 Å². The number of carbonyl (C=O) groups excluding carboxylic acids is 1. The van der Waals surface area contributed by atoms with Gasteiger partial charge in [0.1, 0.15) is 0 Å². The third kappa shape index (κ3) is 3.26. The molecule has 0 aliphatic rings. The van der Waals surface area contributed by atoms with Crippen LogP contribution in [0.5, 0.6) is 0 Å². The fraction of sp³-hybridized carbons (Fsp3) is 0.231. The molecular formula is C13H11BrF3N3O. The zero-order valence-electron chi connectivity index (χ0n) is 11.1. The lowest BCUT2D eigenvalue weighted by Crippen LogP contribution is -2.18. The van der Waals surface area contributed by atoms with Gasteiger partial charge in [-0.15, -0.1) is 0 Å². The summed E-state index contributed by atoms with van der Waals surface area (Å²) in [5.74, 6) is -0.860. The van der Waals surface area contributed by atoms with E-state index in [4.69, 9.17) is 0 Å². The second-order valence-electron chi connectivity index (χ2n) is 4.45. The van der Waals surface area contributed by atoms with Gasteiger partial charge in [0, 0.05) is 17.7 Å². The predicted molar refractivity (Wildman–Crippen MR) is 75.0 cm³/mol. The molecule has 0 aliphatic heterocycles. The van der Waals surface area contributed by atoms with Gasteiger partial charge < -0.3 is 5.32 Å². The molecular weight excluding hydrogens is 351 g/mol. The number of hydrogen-bond acceptors (Lipinski definition) is 2. The Bertz CT molecular complexity index is 694. The summed E-state index contributed by atoms with van der Waals surface area (Å²) in [4.78, 5) is 12.1. The summed E-state index contributed by atoms with van der Waals surface area (Å²) in [5, 5.41) is 5.76. The average molecular weight is 362 g/mol. The molecule has 1 aromatic heterocycles. The lowest BCUT2D eigenvalue weighted by atomic mass is 10.2. The van der Waals surface area contributed by atoms with Crippen LogP contribution in [0.1, 0.15) is 21.6 Å². The van der Waals surface area contributed by atoms with Gasteiger partial charge in [-0.1, -0.05) is 12.1 Å². The number of benzene rings is 1. The van der Waals surface area contributed by atoms with E-state index in [1.54, 1.807) is 12.1 Å². The van der Waals surface area contributed by atoms with E-state index in [9.17, 15) is 18.0 Å². The first-order valence-electron chi connectivity index (χ1n) is 5.87. The van der Waals surface area contributed by atoms with Crippen molar-refractivity contribution in [1.29, 1.82) is 0 Å². The van der Waals surface area contributed by atoms with Crippen LogP contribution in [-0.2, 0) is 13.2 Å². The van der Waals surface area contributed by atoms with Crippen LogP contribution < -0.4 is 5.32 Å². The molecule has 112 valence electrons.